The highest BCUT2D eigenvalue weighted by molar-refractivity contribution is 7.80. The molecule has 0 aliphatic carbocycles. The molecule has 0 aliphatic rings. The molecule has 7 heteroatoms. The molecule has 0 bridgehead atoms. The Hall–Kier alpha value is -2.02. The van der Waals surface area contributed by atoms with Crippen LogP contribution < -0.4 is 11.1 Å². The van der Waals surface area contributed by atoms with Gasteiger partial charge in [-0.05, 0) is 18.6 Å². The fourth-order valence-electron chi connectivity index (χ4n) is 1.47. The number of nitrogens with zero attached hydrogens (tertiary/aromatic N) is 4. The van der Waals surface area contributed by atoms with Gasteiger partial charge in [-0.3, -0.25) is 9.67 Å². The highest BCUT2D eigenvalue weighted by atomic mass is 32.1. The molecule has 18 heavy (non-hydrogen) atoms. The third kappa shape index (κ3) is 3.49. The van der Waals surface area contributed by atoms with Gasteiger partial charge < -0.3 is 11.1 Å². The summed E-state index contributed by atoms with van der Waals surface area (Å²) < 4.78 is 1.80. The van der Waals surface area contributed by atoms with Crippen LogP contribution in [-0.2, 0) is 6.54 Å². The average molecular weight is 262 g/mol. The number of anilines is 1. The van der Waals surface area contributed by atoms with Crippen molar-refractivity contribution in [3.05, 3.63) is 36.4 Å². The molecule has 0 aromatic carbocycles. The highest BCUT2D eigenvalue weighted by Crippen LogP contribution is 2.06. The van der Waals surface area contributed by atoms with Gasteiger partial charge in [-0.1, -0.05) is 17.4 Å². The smallest absolute Gasteiger partial charge is 0.122 e. The molecule has 2 aromatic heterocycles. The van der Waals surface area contributed by atoms with E-state index >= 15 is 0 Å². The van der Waals surface area contributed by atoms with Gasteiger partial charge in [-0.25, -0.2) is 0 Å². The first-order valence-corrected chi connectivity index (χ1v) is 6.00. The van der Waals surface area contributed by atoms with Crippen molar-refractivity contribution >= 4 is 22.9 Å². The Morgan fingerprint density at radius 2 is 2.33 bits per heavy atom. The fraction of sp³-hybridized carbons (Fsp3) is 0.273. The zero-order valence-electron chi connectivity index (χ0n) is 9.78. The van der Waals surface area contributed by atoms with Crippen LogP contribution in [0.1, 0.15) is 12.1 Å². The number of pyridine rings is 1. The summed E-state index contributed by atoms with van der Waals surface area (Å²) in [5.74, 6) is 0. The van der Waals surface area contributed by atoms with Crippen LogP contribution in [0.3, 0.4) is 0 Å². The van der Waals surface area contributed by atoms with Crippen molar-refractivity contribution in [2.75, 3.05) is 11.9 Å². The Kier molecular flexibility index (Phi) is 4.19. The Morgan fingerprint density at radius 3 is 2.94 bits per heavy atom. The van der Waals surface area contributed by atoms with Crippen molar-refractivity contribution in [1.29, 1.82) is 0 Å². The zero-order valence-corrected chi connectivity index (χ0v) is 10.6. The standard InChI is InChI=1S/C11H14N6S/c12-11(18)10-3-2-9(8-14-10)13-4-1-6-17-7-5-15-16-17/h2-3,5,7-8,13H,1,4,6H2,(H2,12,18). The summed E-state index contributed by atoms with van der Waals surface area (Å²) in [5.41, 5.74) is 7.06. The van der Waals surface area contributed by atoms with Crippen molar-refractivity contribution < 1.29 is 0 Å². The van der Waals surface area contributed by atoms with Crippen LogP contribution in [0.5, 0.6) is 0 Å². The minimum absolute atomic E-state index is 0.313. The van der Waals surface area contributed by atoms with Gasteiger partial charge in [0.05, 0.1) is 23.8 Å². The first-order valence-electron chi connectivity index (χ1n) is 5.59. The fourth-order valence-corrected chi connectivity index (χ4v) is 1.59. The number of thiocarbonyl (C=S) groups is 1. The molecule has 0 saturated heterocycles. The highest BCUT2D eigenvalue weighted by Gasteiger charge is 1.98. The van der Waals surface area contributed by atoms with Gasteiger partial charge in [0.25, 0.3) is 0 Å². The van der Waals surface area contributed by atoms with Crippen molar-refractivity contribution in [2.24, 2.45) is 5.73 Å². The predicted molar refractivity (Wildman–Crippen MR) is 73.3 cm³/mol. The van der Waals surface area contributed by atoms with Gasteiger partial charge in [0.15, 0.2) is 0 Å². The van der Waals surface area contributed by atoms with E-state index in [9.17, 15) is 0 Å². The SMILES string of the molecule is NC(=S)c1ccc(NCCCn2ccnn2)cn1. The number of hydrogen-bond donors (Lipinski definition) is 2. The molecular formula is C11H14N6S. The number of aryl methyl sites for hydroxylation is 1. The molecule has 0 amide bonds. The monoisotopic (exact) mass is 262 g/mol. The van der Waals surface area contributed by atoms with Crippen LogP contribution in [0.4, 0.5) is 5.69 Å². The lowest BCUT2D eigenvalue weighted by molar-refractivity contribution is 0.570. The summed E-state index contributed by atoms with van der Waals surface area (Å²) in [6, 6.07) is 3.72. The van der Waals surface area contributed by atoms with E-state index in [1.807, 2.05) is 18.3 Å². The summed E-state index contributed by atoms with van der Waals surface area (Å²) in [4.78, 5) is 4.46. The van der Waals surface area contributed by atoms with E-state index in [1.54, 1.807) is 17.1 Å². The molecule has 2 heterocycles. The lowest BCUT2D eigenvalue weighted by Gasteiger charge is -2.06. The average Bonchev–Trinajstić information content (AvgIpc) is 2.88. The predicted octanol–water partition coefficient (Wildman–Crippen LogP) is 0.809. The van der Waals surface area contributed by atoms with Gasteiger partial charge in [0.1, 0.15) is 4.99 Å². The number of hydrogen-bond acceptors (Lipinski definition) is 5. The summed E-state index contributed by atoms with van der Waals surface area (Å²) in [6.07, 6.45) is 6.20. The van der Waals surface area contributed by atoms with E-state index in [1.165, 1.54) is 0 Å². The van der Waals surface area contributed by atoms with Crippen LogP contribution in [0, 0.1) is 0 Å². The molecule has 0 atom stereocenters. The second-order valence-electron chi connectivity index (χ2n) is 3.74. The molecule has 0 spiro atoms. The topological polar surface area (TPSA) is 81.6 Å². The molecule has 94 valence electrons. The molecule has 6 nitrogen and oxygen atoms in total. The van der Waals surface area contributed by atoms with Crippen LogP contribution in [0.2, 0.25) is 0 Å². The van der Waals surface area contributed by atoms with Gasteiger partial charge >= 0.3 is 0 Å². The Bertz CT molecular complexity index is 493. The maximum Gasteiger partial charge on any atom is 0.122 e. The van der Waals surface area contributed by atoms with Gasteiger partial charge in [-0.2, -0.15) is 0 Å². The summed E-state index contributed by atoms with van der Waals surface area (Å²) in [5, 5.41) is 10.9. The second-order valence-corrected chi connectivity index (χ2v) is 4.18. The summed E-state index contributed by atoms with van der Waals surface area (Å²) >= 11 is 4.84. The van der Waals surface area contributed by atoms with E-state index in [-0.39, 0.29) is 0 Å². The lowest BCUT2D eigenvalue weighted by Crippen LogP contribution is -2.12. The molecule has 2 aromatic rings. The molecule has 0 aliphatic heterocycles. The van der Waals surface area contributed by atoms with Crippen LogP contribution in [-0.4, -0.2) is 31.5 Å². The minimum atomic E-state index is 0.313. The van der Waals surface area contributed by atoms with Gasteiger partial charge in [-0.15, -0.1) is 5.10 Å². The van der Waals surface area contributed by atoms with Crippen molar-refractivity contribution in [3.63, 3.8) is 0 Å². The van der Waals surface area contributed by atoms with Crippen molar-refractivity contribution in [3.8, 4) is 0 Å². The Balaban J connectivity index is 1.75. The molecular weight excluding hydrogens is 248 g/mol. The molecule has 0 radical (unpaired) electrons. The maximum absolute atomic E-state index is 5.47. The third-order valence-corrected chi connectivity index (χ3v) is 2.59. The quantitative estimate of drug-likeness (QED) is 0.592. The van der Waals surface area contributed by atoms with Crippen molar-refractivity contribution in [2.45, 2.75) is 13.0 Å². The number of aromatic nitrogens is 4. The lowest BCUT2D eigenvalue weighted by atomic mass is 10.3. The van der Waals surface area contributed by atoms with E-state index in [4.69, 9.17) is 18.0 Å². The largest absolute Gasteiger partial charge is 0.388 e. The number of nitrogens with one attached hydrogen (secondary N) is 1. The number of nitrogens with two attached hydrogens (primary N) is 1. The van der Waals surface area contributed by atoms with Crippen LogP contribution in [0.25, 0.3) is 0 Å². The summed E-state index contributed by atoms with van der Waals surface area (Å²) in [7, 11) is 0. The maximum atomic E-state index is 5.47. The van der Waals surface area contributed by atoms with E-state index < -0.39 is 0 Å². The normalized spacial score (nSPS) is 10.2. The molecule has 2 rings (SSSR count). The first kappa shape index (κ1) is 12.4. The zero-order chi connectivity index (χ0) is 12.8. The Labute approximate surface area is 110 Å². The Morgan fingerprint density at radius 1 is 1.44 bits per heavy atom. The number of rotatable bonds is 6. The second kappa shape index (κ2) is 6.06. The van der Waals surface area contributed by atoms with E-state index in [0.29, 0.717) is 10.7 Å². The van der Waals surface area contributed by atoms with Crippen LogP contribution >= 0.6 is 12.2 Å². The van der Waals surface area contributed by atoms with Crippen LogP contribution in [0.15, 0.2) is 30.7 Å². The molecule has 0 saturated carbocycles. The first-order chi connectivity index (χ1) is 8.75. The summed E-state index contributed by atoms with van der Waals surface area (Å²) in [6.45, 7) is 1.68. The van der Waals surface area contributed by atoms with Gasteiger partial charge in [0.2, 0.25) is 0 Å². The van der Waals surface area contributed by atoms with E-state index in [0.717, 1.165) is 25.2 Å². The minimum Gasteiger partial charge on any atom is -0.388 e. The molecule has 0 unspecified atom stereocenters. The van der Waals surface area contributed by atoms with Crippen molar-refractivity contribution in [1.82, 2.24) is 20.0 Å². The molecule has 3 N–H and O–H groups in total. The van der Waals surface area contributed by atoms with Gasteiger partial charge in [0, 0.05) is 19.3 Å². The molecule has 0 fully saturated rings. The third-order valence-electron chi connectivity index (χ3n) is 2.38. The van der Waals surface area contributed by atoms with E-state index in [2.05, 4.69) is 20.6 Å².